The minimum Gasteiger partial charge on any atom is -0.399 e. The number of carbonyl (C=O) groups excluding carboxylic acids is 2. The Morgan fingerprint density at radius 1 is 1.18 bits per heavy atom. The van der Waals surface area contributed by atoms with Gasteiger partial charge in [0.2, 0.25) is 5.91 Å². The number of amides is 2. The third-order valence-electron chi connectivity index (χ3n) is 8.68. The number of aromatic amines is 1. The third-order valence-corrected chi connectivity index (χ3v) is 8.68. The topological polar surface area (TPSA) is 129 Å². The van der Waals surface area contributed by atoms with E-state index in [2.05, 4.69) is 27.1 Å². The summed E-state index contributed by atoms with van der Waals surface area (Å²) in [5.41, 5.74) is 10.7. The quantitative estimate of drug-likeness (QED) is 0.289. The normalized spacial score (nSPS) is 17.0. The maximum absolute atomic E-state index is 13.1. The molecule has 3 heterocycles. The average molecular weight is 545 g/mol. The fourth-order valence-corrected chi connectivity index (χ4v) is 6.36. The van der Waals surface area contributed by atoms with E-state index < -0.39 is 0 Å². The number of hydrogen-bond acceptors (Lipinski definition) is 6. The molecule has 11 heteroatoms. The Kier molecular flexibility index (Phi) is 8.59. The number of fused-ring (bicyclic) bond motifs is 1. The van der Waals surface area contributed by atoms with Crippen molar-refractivity contribution < 1.29 is 9.59 Å². The van der Waals surface area contributed by atoms with E-state index in [9.17, 15) is 14.4 Å². The Morgan fingerprint density at radius 3 is 2.65 bits per heavy atom. The molecule has 1 saturated carbocycles. The number of nitrogen functional groups attached to an aromatic ring is 1. The van der Waals surface area contributed by atoms with Gasteiger partial charge in [-0.25, -0.2) is 9.78 Å². The summed E-state index contributed by atoms with van der Waals surface area (Å²) >= 11 is 0. The van der Waals surface area contributed by atoms with Gasteiger partial charge in [0.05, 0.1) is 12.1 Å². The number of nitrogens with zero attached hydrogens (tertiary/aromatic N) is 4. The first-order valence-corrected chi connectivity index (χ1v) is 14.6. The third kappa shape index (κ3) is 5.94. The molecule has 0 radical (unpaired) electrons. The van der Waals surface area contributed by atoms with Crippen LogP contribution in [-0.4, -0.2) is 76.2 Å². The summed E-state index contributed by atoms with van der Waals surface area (Å²) in [6.45, 7) is 4.83. The maximum Gasteiger partial charge on any atom is 0.327 e. The molecule has 2 aromatic heterocycles. The minimum atomic E-state index is -0.272. The van der Waals surface area contributed by atoms with Gasteiger partial charge < -0.3 is 16.0 Å². The molecular weight excluding hydrogens is 505 g/mol. The number of benzene rings is 1. The fourth-order valence-electron chi connectivity index (χ4n) is 6.36. The van der Waals surface area contributed by atoms with Gasteiger partial charge in [0.1, 0.15) is 7.85 Å². The first-order chi connectivity index (χ1) is 19.4. The Balaban J connectivity index is 1.17. The van der Waals surface area contributed by atoms with Crippen molar-refractivity contribution in [3.63, 3.8) is 0 Å². The number of likely N-dealkylation sites (tertiary alicyclic amines) is 1. The highest BCUT2D eigenvalue weighted by molar-refractivity contribution is 6.36. The molecule has 1 aliphatic heterocycles. The van der Waals surface area contributed by atoms with Crippen molar-refractivity contribution >= 4 is 42.0 Å². The molecule has 1 aliphatic carbocycles. The van der Waals surface area contributed by atoms with Crippen LogP contribution in [0.25, 0.3) is 11.2 Å². The van der Waals surface area contributed by atoms with Gasteiger partial charge in [-0.05, 0) is 56.0 Å². The summed E-state index contributed by atoms with van der Waals surface area (Å²) < 4.78 is 1.75. The number of hydrogen-bond donors (Lipinski definition) is 3. The van der Waals surface area contributed by atoms with Crippen LogP contribution < -0.4 is 22.2 Å². The number of imidazole rings is 1. The molecule has 0 unspecified atom stereocenters. The zero-order chi connectivity index (χ0) is 28.2. The molecule has 212 valence electrons. The standard InChI is InChI=1S/C29H40BN7O3/c1-2-35(21-7-4-3-5-8-21)18-20-15-19(16-23(30)26(20)31)28(39)33-17-25(38)36-13-10-22(11-14-36)37-24-9-6-12-32-27(24)34-29(37)40/h6,9,12,15-16,21-22H,2-5,7-8,10-11,13-14,17-18,30-31H2,1H3,(H,33,39)(H,32,34,40). The first kappa shape index (κ1) is 28.0. The molecule has 0 spiro atoms. The van der Waals surface area contributed by atoms with E-state index in [1.807, 2.05) is 26.0 Å². The van der Waals surface area contributed by atoms with Gasteiger partial charge in [-0.15, -0.1) is 0 Å². The van der Waals surface area contributed by atoms with Crippen molar-refractivity contribution in [2.75, 3.05) is 31.9 Å². The van der Waals surface area contributed by atoms with Gasteiger partial charge in [0, 0.05) is 49.2 Å². The second-order valence-corrected chi connectivity index (χ2v) is 11.2. The fraction of sp³-hybridized carbons (Fsp3) is 0.517. The number of pyridine rings is 1. The summed E-state index contributed by atoms with van der Waals surface area (Å²) in [7, 11) is 1.93. The van der Waals surface area contributed by atoms with E-state index in [-0.39, 0.29) is 30.1 Å². The highest BCUT2D eigenvalue weighted by atomic mass is 16.2. The molecule has 10 nitrogen and oxygen atoms in total. The van der Waals surface area contributed by atoms with Crippen molar-refractivity contribution in [1.29, 1.82) is 0 Å². The van der Waals surface area contributed by atoms with E-state index in [0.717, 1.165) is 35.3 Å². The number of rotatable bonds is 8. The summed E-state index contributed by atoms with van der Waals surface area (Å²) in [4.78, 5) is 49.8. The van der Waals surface area contributed by atoms with Crippen LogP contribution in [0, 0.1) is 0 Å². The monoisotopic (exact) mass is 545 g/mol. The lowest BCUT2D eigenvalue weighted by molar-refractivity contribution is -0.131. The summed E-state index contributed by atoms with van der Waals surface area (Å²) in [6, 6.07) is 7.94. The number of H-pyrrole nitrogens is 1. The van der Waals surface area contributed by atoms with E-state index in [4.69, 9.17) is 5.73 Å². The van der Waals surface area contributed by atoms with Crippen LogP contribution >= 0.6 is 0 Å². The van der Waals surface area contributed by atoms with Gasteiger partial charge in [-0.3, -0.25) is 24.0 Å². The van der Waals surface area contributed by atoms with Crippen molar-refractivity contribution in [2.45, 2.75) is 70.5 Å². The predicted molar refractivity (Wildman–Crippen MR) is 160 cm³/mol. The van der Waals surface area contributed by atoms with Crippen molar-refractivity contribution in [3.05, 3.63) is 52.1 Å². The molecule has 2 aliphatic rings. The lowest BCUT2D eigenvalue weighted by Crippen LogP contribution is -2.45. The number of anilines is 1. The van der Waals surface area contributed by atoms with Crippen LogP contribution in [0.1, 0.15) is 73.8 Å². The lowest BCUT2D eigenvalue weighted by Gasteiger charge is -2.34. The molecule has 1 aromatic carbocycles. The average Bonchev–Trinajstić information content (AvgIpc) is 3.32. The van der Waals surface area contributed by atoms with Crippen LogP contribution in [0.15, 0.2) is 35.3 Å². The number of piperidine rings is 1. The van der Waals surface area contributed by atoms with Gasteiger partial charge in [0.15, 0.2) is 5.65 Å². The Labute approximate surface area is 235 Å². The number of nitrogens with one attached hydrogen (secondary N) is 2. The summed E-state index contributed by atoms with van der Waals surface area (Å²) in [5.74, 6) is -0.396. The zero-order valence-electron chi connectivity index (χ0n) is 23.6. The highest BCUT2D eigenvalue weighted by Gasteiger charge is 2.27. The second kappa shape index (κ2) is 12.3. The van der Waals surface area contributed by atoms with Crippen LogP contribution in [0.3, 0.4) is 0 Å². The lowest BCUT2D eigenvalue weighted by atomic mass is 9.88. The highest BCUT2D eigenvalue weighted by Crippen LogP contribution is 2.26. The second-order valence-electron chi connectivity index (χ2n) is 11.2. The molecule has 40 heavy (non-hydrogen) atoms. The SMILES string of the molecule is Bc1cc(C(=O)NCC(=O)N2CCC(n3c(=O)[nH]c4ncccc43)CC2)cc(CN(CC)C2CCCCC2)c1N. The first-order valence-electron chi connectivity index (χ1n) is 14.6. The maximum atomic E-state index is 13.1. The van der Waals surface area contributed by atoms with Crippen LogP contribution in [-0.2, 0) is 11.3 Å². The van der Waals surface area contributed by atoms with Gasteiger partial charge in [-0.1, -0.05) is 37.7 Å². The Bertz CT molecular complexity index is 1420. The van der Waals surface area contributed by atoms with Gasteiger partial charge in [-0.2, -0.15) is 0 Å². The largest absolute Gasteiger partial charge is 0.399 e. The smallest absolute Gasteiger partial charge is 0.327 e. The molecule has 2 fully saturated rings. The van der Waals surface area contributed by atoms with Gasteiger partial charge >= 0.3 is 5.69 Å². The molecule has 5 rings (SSSR count). The molecule has 4 N–H and O–H groups in total. The van der Waals surface area contributed by atoms with Gasteiger partial charge in [0.25, 0.3) is 5.91 Å². The molecule has 1 saturated heterocycles. The van der Waals surface area contributed by atoms with Crippen molar-refractivity contribution in [3.8, 4) is 0 Å². The van der Waals surface area contributed by atoms with Crippen LogP contribution in [0.5, 0.6) is 0 Å². The Hall–Kier alpha value is -3.60. The molecule has 2 amide bonds. The number of aromatic nitrogens is 3. The van der Waals surface area contributed by atoms with E-state index in [0.29, 0.717) is 43.2 Å². The Morgan fingerprint density at radius 2 is 1.93 bits per heavy atom. The molecule has 3 aromatic rings. The minimum absolute atomic E-state index is 0.00318. The number of carbonyl (C=O) groups is 2. The number of nitrogens with two attached hydrogens (primary N) is 1. The van der Waals surface area contributed by atoms with E-state index in [1.54, 1.807) is 21.7 Å². The zero-order valence-corrected chi connectivity index (χ0v) is 23.6. The molecular formula is C29H40BN7O3. The van der Waals surface area contributed by atoms with E-state index >= 15 is 0 Å². The van der Waals surface area contributed by atoms with Crippen LogP contribution in [0.2, 0.25) is 0 Å². The summed E-state index contributed by atoms with van der Waals surface area (Å²) in [5, 5.41) is 2.82. The predicted octanol–water partition coefficient (Wildman–Crippen LogP) is 1.31. The van der Waals surface area contributed by atoms with Crippen LogP contribution in [0.4, 0.5) is 5.69 Å². The summed E-state index contributed by atoms with van der Waals surface area (Å²) in [6.07, 6.45) is 9.25. The molecule has 0 bridgehead atoms. The van der Waals surface area contributed by atoms with E-state index in [1.165, 1.54) is 32.1 Å². The molecule has 0 atom stereocenters. The van der Waals surface area contributed by atoms with Crippen molar-refractivity contribution in [1.82, 2.24) is 29.7 Å². The van der Waals surface area contributed by atoms with Crippen molar-refractivity contribution in [2.24, 2.45) is 0 Å².